The van der Waals surface area contributed by atoms with Gasteiger partial charge in [0.05, 0.1) is 35.8 Å². The Hall–Kier alpha value is -3.59. The van der Waals surface area contributed by atoms with Crippen molar-refractivity contribution in [1.29, 1.82) is 0 Å². The number of aliphatic hydroxyl groups is 1. The number of nitrogens with zero attached hydrogens (tertiary/aromatic N) is 6. The molecule has 1 saturated carbocycles. The summed E-state index contributed by atoms with van der Waals surface area (Å²) in [4.78, 5) is 32.0. The smallest absolute Gasteiger partial charge is 0.248 e. The van der Waals surface area contributed by atoms with Crippen LogP contribution in [0.5, 0.6) is 0 Å². The van der Waals surface area contributed by atoms with Crippen molar-refractivity contribution >= 4 is 39.5 Å². The van der Waals surface area contributed by atoms with E-state index in [-0.39, 0.29) is 5.91 Å². The Morgan fingerprint density at radius 3 is 2.83 bits per heavy atom. The normalized spacial score (nSPS) is 20.2. The molecule has 9 nitrogen and oxygen atoms in total. The molecule has 2 aliphatic rings. The molecule has 35 heavy (non-hydrogen) atoms. The summed E-state index contributed by atoms with van der Waals surface area (Å²) >= 11 is 0. The van der Waals surface area contributed by atoms with Crippen molar-refractivity contribution in [3.8, 4) is 0 Å². The first-order valence-electron chi connectivity index (χ1n) is 12.3. The van der Waals surface area contributed by atoms with Crippen LogP contribution in [0.4, 0.5) is 11.6 Å². The van der Waals surface area contributed by atoms with Crippen LogP contribution in [-0.4, -0.2) is 53.6 Å². The molecule has 0 unspecified atom stereocenters. The number of amides is 1. The fourth-order valence-electron chi connectivity index (χ4n) is 5.52. The predicted octanol–water partition coefficient (Wildman–Crippen LogP) is 3.75. The molecule has 0 aromatic carbocycles. The van der Waals surface area contributed by atoms with Gasteiger partial charge < -0.3 is 19.9 Å². The maximum atomic E-state index is 11.8. The molecule has 6 rings (SSSR count). The number of aromatic nitrogens is 5. The van der Waals surface area contributed by atoms with Gasteiger partial charge in [-0.2, -0.15) is 4.98 Å². The van der Waals surface area contributed by atoms with Crippen molar-refractivity contribution < 1.29 is 9.90 Å². The Morgan fingerprint density at radius 2 is 2.00 bits per heavy atom. The zero-order valence-electron chi connectivity index (χ0n) is 19.8. The van der Waals surface area contributed by atoms with Crippen LogP contribution in [0.2, 0.25) is 0 Å². The molecule has 0 radical (unpaired) electrons. The van der Waals surface area contributed by atoms with Crippen LogP contribution in [0.15, 0.2) is 36.9 Å². The predicted molar refractivity (Wildman–Crippen MR) is 133 cm³/mol. The van der Waals surface area contributed by atoms with Gasteiger partial charge in [0, 0.05) is 35.8 Å². The maximum absolute atomic E-state index is 11.8. The highest BCUT2D eigenvalue weighted by atomic mass is 16.3. The van der Waals surface area contributed by atoms with Gasteiger partial charge in [-0.05, 0) is 55.7 Å². The van der Waals surface area contributed by atoms with E-state index < -0.39 is 6.61 Å². The Kier molecular flexibility index (Phi) is 5.56. The highest BCUT2D eigenvalue weighted by molar-refractivity contribution is 6.06. The second-order valence-electron chi connectivity index (χ2n) is 9.79. The Balaban J connectivity index is 1.33. The van der Waals surface area contributed by atoms with Crippen LogP contribution in [0, 0.1) is 5.92 Å². The van der Waals surface area contributed by atoms with Crippen molar-refractivity contribution in [2.45, 2.75) is 51.6 Å². The summed E-state index contributed by atoms with van der Waals surface area (Å²) in [5.41, 5.74) is 4.83. The number of pyridine rings is 2. The third-order valence-electron chi connectivity index (χ3n) is 7.49. The number of hydrogen-bond donors (Lipinski definition) is 2. The lowest BCUT2D eigenvalue weighted by Crippen LogP contribution is -2.38. The molecule has 2 N–H and O–H groups in total. The van der Waals surface area contributed by atoms with Gasteiger partial charge in [-0.3, -0.25) is 14.8 Å². The molecule has 9 heteroatoms. The lowest BCUT2D eigenvalue weighted by molar-refractivity contribution is -0.135. The lowest BCUT2D eigenvalue weighted by Gasteiger charge is -2.28. The summed E-state index contributed by atoms with van der Waals surface area (Å²) in [7, 11) is 0. The summed E-state index contributed by atoms with van der Waals surface area (Å²) < 4.78 is 2.37. The Labute approximate surface area is 203 Å². The highest BCUT2D eigenvalue weighted by Crippen LogP contribution is 2.38. The van der Waals surface area contributed by atoms with Gasteiger partial charge in [0.25, 0.3) is 0 Å². The topological polar surface area (TPSA) is 109 Å². The summed E-state index contributed by atoms with van der Waals surface area (Å²) in [5, 5.41) is 14.7. The summed E-state index contributed by atoms with van der Waals surface area (Å²) in [6, 6.07) is 4.51. The molecule has 1 aliphatic carbocycles. The van der Waals surface area contributed by atoms with E-state index in [1.54, 1.807) is 11.1 Å². The van der Waals surface area contributed by atoms with Crippen LogP contribution < -0.4 is 5.32 Å². The van der Waals surface area contributed by atoms with Crippen LogP contribution in [0.25, 0.3) is 21.9 Å². The first kappa shape index (κ1) is 21.9. The molecule has 0 bridgehead atoms. The van der Waals surface area contributed by atoms with Gasteiger partial charge in [0.15, 0.2) is 0 Å². The van der Waals surface area contributed by atoms with E-state index in [4.69, 9.17) is 10.1 Å². The third-order valence-corrected chi connectivity index (χ3v) is 7.49. The van der Waals surface area contributed by atoms with Gasteiger partial charge in [0.2, 0.25) is 11.9 Å². The maximum Gasteiger partial charge on any atom is 0.248 e. The lowest BCUT2D eigenvalue weighted by atomic mass is 9.87. The van der Waals surface area contributed by atoms with Gasteiger partial charge in [-0.15, -0.1) is 0 Å². The molecule has 0 saturated heterocycles. The van der Waals surface area contributed by atoms with Gasteiger partial charge >= 0.3 is 0 Å². The van der Waals surface area contributed by atoms with E-state index in [1.807, 2.05) is 24.7 Å². The van der Waals surface area contributed by atoms with E-state index in [0.717, 1.165) is 57.6 Å². The number of carbonyl (C=O) groups is 1. The standard InChI is InChI=1S/C26H29N7O2/c1-16-2-4-19(5-3-16)33-23-13-27-8-6-20(23)21-12-29-26(31-25(21)33)30-18-10-17-7-9-32(24(35)15-34)14-22(17)28-11-18/h6,8,10-13,16,19,34H,2-5,7,9,14-15H2,1H3,(H,29,30,31). The van der Waals surface area contributed by atoms with Crippen molar-refractivity contribution in [1.82, 2.24) is 29.4 Å². The number of nitrogens with one attached hydrogen (secondary N) is 1. The number of carbonyl (C=O) groups excluding carboxylic acids is 1. The van der Waals surface area contributed by atoms with Crippen molar-refractivity contribution in [3.63, 3.8) is 0 Å². The summed E-state index contributed by atoms with van der Waals surface area (Å²) in [5.74, 6) is 1.04. The van der Waals surface area contributed by atoms with Gasteiger partial charge in [-0.25, -0.2) is 4.98 Å². The second kappa shape index (κ2) is 8.88. The molecule has 1 amide bonds. The first-order valence-corrected chi connectivity index (χ1v) is 12.3. The number of anilines is 2. The SMILES string of the molecule is CC1CCC(n2c3cnccc3c3cnc(Nc4cnc5c(c4)CCN(C(=O)CO)C5)nc32)CC1. The molecular weight excluding hydrogens is 442 g/mol. The molecule has 1 aliphatic heterocycles. The van der Waals surface area contributed by atoms with E-state index in [9.17, 15) is 4.79 Å². The largest absolute Gasteiger partial charge is 0.387 e. The van der Waals surface area contributed by atoms with Crippen LogP contribution in [0.1, 0.15) is 49.9 Å². The van der Waals surface area contributed by atoms with E-state index in [1.165, 1.54) is 12.8 Å². The van der Waals surface area contributed by atoms with E-state index in [2.05, 4.69) is 37.8 Å². The summed E-state index contributed by atoms with van der Waals surface area (Å²) in [6.45, 7) is 2.86. The first-order chi connectivity index (χ1) is 17.1. The van der Waals surface area contributed by atoms with E-state index >= 15 is 0 Å². The van der Waals surface area contributed by atoms with Crippen molar-refractivity contribution in [3.05, 3.63) is 48.2 Å². The quantitative estimate of drug-likeness (QED) is 0.467. The van der Waals surface area contributed by atoms with Crippen molar-refractivity contribution in [2.24, 2.45) is 5.92 Å². The average molecular weight is 472 g/mol. The average Bonchev–Trinajstić information content (AvgIpc) is 3.22. The van der Waals surface area contributed by atoms with Crippen LogP contribution in [-0.2, 0) is 17.8 Å². The molecule has 1 fully saturated rings. The van der Waals surface area contributed by atoms with Crippen LogP contribution >= 0.6 is 0 Å². The zero-order chi connectivity index (χ0) is 23.9. The van der Waals surface area contributed by atoms with Crippen molar-refractivity contribution in [2.75, 3.05) is 18.5 Å². The Bertz CT molecular complexity index is 1410. The zero-order valence-corrected chi connectivity index (χ0v) is 19.8. The fourth-order valence-corrected chi connectivity index (χ4v) is 5.52. The number of aliphatic hydroxyl groups excluding tert-OH is 1. The number of fused-ring (bicyclic) bond motifs is 4. The minimum atomic E-state index is -0.471. The number of rotatable bonds is 4. The molecule has 180 valence electrons. The molecule has 0 atom stereocenters. The van der Waals surface area contributed by atoms with Crippen LogP contribution in [0.3, 0.4) is 0 Å². The second-order valence-corrected chi connectivity index (χ2v) is 9.79. The number of hydrogen-bond acceptors (Lipinski definition) is 7. The Morgan fingerprint density at radius 1 is 1.14 bits per heavy atom. The minimum absolute atomic E-state index is 0.264. The monoisotopic (exact) mass is 471 g/mol. The third kappa shape index (κ3) is 3.99. The fraction of sp³-hybridized carbons (Fsp3) is 0.423. The van der Waals surface area contributed by atoms with Gasteiger partial charge in [-0.1, -0.05) is 6.92 Å². The minimum Gasteiger partial charge on any atom is -0.387 e. The molecular formula is C26H29N7O2. The van der Waals surface area contributed by atoms with Gasteiger partial charge in [0.1, 0.15) is 12.3 Å². The highest BCUT2D eigenvalue weighted by Gasteiger charge is 2.25. The summed E-state index contributed by atoms with van der Waals surface area (Å²) in [6.07, 6.45) is 12.9. The molecule has 4 aromatic heterocycles. The molecule has 0 spiro atoms. The molecule has 4 aromatic rings. The molecule has 5 heterocycles. The van der Waals surface area contributed by atoms with E-state index in [0.29, 0.717) is 31.5 Å².